The first-order valence-electron chi connectivity index (χ1n) is 11.1. The summed E-state index contributed by atoms with van der Waals surface area (Å²) < 4.78 is 0. The van der Waals surface area contributed by atoms with Crippen molar-refractivity contribution in [1.82, 2.24) is 14.8 Å². The summed E-state index contributed by atoms with van der Waals surface area (Å²) in [4.78, 5) is 23.8. The summed E-state index contributed by atoms with van der Waals surface area (Å²) in [5.41, 5.74) is 3.95. The van der Waals surface area contributed by atoms with E-state index >= 15 is 0 Å². The number of aliphatic hydroxyl groups excluding tert-OH is 1. The third-order valence-corrected chi connectivity index (χ3v) is 6.89. The fraction of sp³-hybridized carbons (Fsp3) is 0.360. The highest BCUT2D eigenvalue weighted by molar-refractivity contribution is 6.30. The molecule has 6 nitrogen and oxygen atoms in total. The number of pyridine rings is 1. The number of anilines is 1. The molecular formula is C25H27ClN4O2. The van der Waals surface area contributed by atoms with Gasteiger partial charge in [0.2, 0.25) is 0 Å². The van der Waals surface area contributed by atoms with E-state index in [0.29, 0.717) is 30.2 Å². The molecule has 1 N–H and O–H groups in total. The van der Waals surface area contributed by atoms with Crippen LogP contribution in [0.25, 0.3) is 10.9 Å². The Morgan fingerprint density at radius 1 is 1.03 bits per heavy atom. The Balaban J connectivity index is 1.25. The van der Waals surface area contributed by atoms with E-state index in [9.17, 15) is 9.90 Å². The van der Waals surface area contributed by atoms with Crippen LogP contribution in [0.2, 0.25) is 5.02 Å². The van der Waals surface area contributed by atoms with Gasteiger partial charge in [-0.05, 0) is 48.9 Å². The van der Waals surface area contributed by atoms with Crippen molar-refractivity contribution < 1.29 is 9.90 Å². The van der Waals surface area contributed by atoms with Gasteiger partial charge in [0.05, 0.1) is 17.7 Å². The normalized spacial score (nSPS) is 22.0. The van der Waals surface area contributed by atoms with Crippen molar-refractivity contribution in [2.24, 2.45) is 0 Å². The number of rotatable bonds is 3. The molecule has 3 heterocycles. The molecule has 1 amide bonds. The molecule has 2 saturated heterocycles. The van der Waals surface area contributed by atoms with Gasteiger partial charge in [-0.15, -0.1) is 0 Å². The molecule has 32 heavy (non-hydrogen) atoms. The Hall–Kier alpha value is -2.67. The maximum Gasteiger partial charge on any atom is 0.253 e. The standard InChI is InChI=1S/C25H27ClN4O2/c1-17-2-7-20-21(14-17)27-9-8-22(20)30-15-23(24(31)16-30)28-10-12-29(13-11-28)25(32)18-3-5-19(26)6-4-18/h2-9,14,23-24,31H,10-13,15-16H2,1H3/t23?,24-/m1/s1. The molecule has 2 aliphatic heterocycles. The van der Waals surface area contributed by atoms with Crippen LogP contribution in [0, 0.1) is 6.92 Å². The highest BCUT2D eigenvalue weighted by Crippen LogP contribution is 2.30. The Labute approximate surface area is 193 Å². The summed E-state index contributed by atoms with van der Waals surface area (Å²) in [5, 5.41) is 12.6. The van der Waals surface area contributed by atoms with Gasteiger partial charge in [0, 0.05) is 67.1 Å². The highest BCUT2D eigenvalue weighted by atomic mass is 35.5. The van der Waals surface area contributed by atoms with E-state index in [1.807, 2.05) is 17.2 Å². The summed E-state index contributed by atoms with van der Waals surface area (Å²) in [5.74, 6) is 0.0356. The van der Waals surface area contributed by atoms with Crippen molar-refractivity contribution in [3.05, 3.63) is 70.9 Å². The first kappa shape index (κ1) is 21.2. The molecule has 2 atom stereocenters. The first-order valence-corrected chi connectivity index (χ1v) is 11.4. The van der Waals surface area contributed by atoms with E-state index in [1.165, 1.54) is 5.56 Å². The molecule has 2 aromatic carbocycles. The fourth-order valence-corrected chi connectivity index (χ4v) is 5.00. The molecule has 0 saturated carbocycles. The molecule has 7 heteroatoms. The number of fused-ring (bicyclic) bond motifs is 1. The predicted molar refractivity (Wildman–Crippen MR) is 127 cm³/mol. The number of hydrogen-bond acceptors (Lipinski definition) is 5. The number of piperazine rings is 1. The number of carbonyl (C=O) groups excluding carboxylic acids is 1. The second kappa shape index (κ2) is 8.70. The van der Waals surface area contributed by atoms with Crippen molar-refractivity contribution in [1.29, 1.82) is 0 Å². The molecule has 5 rings (SSSR count). The summed E-state index contributed by atoms with van der Waals surface area (Å²) in [6, 6.07) is 15.5. The van der Waals surface area contributed by atoms with Gasteiger partial charge in [-0.1, -0.05) is 23.7 Å². The molecule has 3 aromatic rings. The van der Waals surface area contributed by atoms with Crippen molar-refractivity contribution in [3.63, 3.8) is 0 Å². The second-order valence-electron chi connectivity index (χ2n) is 8.73. The highest BCUT2D eigenvalue weighted by Gasteiger charge is 2.37. The molecule has 1 aromatic heterocycles. The molecule has 2 fully saturated rings. The lowest BCUT2D eigenvalue weighted by Gasteiger charge is -2.38. The molecule has 0 aliphatic carbocycles. The zero-order valence-electron chi connectivity index (χ0n) is 18.1. The number of benzene rings is 2. The van der Waals surface area contributed by atoms with E-state index in [2.05, 4.69) is 39.9 Å². The first-order chi connectivity index (χ1) is 15.5. The number of halogens is 1. The van der Waals surface area contributed by atoms with Crippen LogP contribution < -0.4 is 4.90 Å². The Morgan fingerprint density at radius 2 is 1.78 bits per heavy atom. The van der Waals surface area contributed by atoms with Crippen molar-refractivity contribution in [2.45, 2.75) is 19.1 Å². The lowest BCUT2D eigenvalue weighted by molar-refractivity contribution is 0.0376. The molecular weight excluding hydrogens is 424 g/mol. The summed E-state index contributed by atoms with van der Waals surface area (Å²) in [7, 11) is 0. The quantitative estimate of drug-likeness (QED) is 0.664. The van der Waals surface area contributed by atoms with Crippen LogP contribution in [0.4, 0.5) is 5.69 Å². The van der Waals surface area contributed by atoms with Gasteiger partial charge in [0.15, 0.2) is 0 Å². The van der Waals surface area contributed by atoms with Crippen LogP contribution in [0.1, 0.15) is 15.9 Å². The van der Waals surface area contributed by atoms with Crippen LogP contribution in [0.5, 0.6) is 0 Å². The molecule has 0 bridgehead atoms. The van der Waals surface area contributed by atoms with Gasteiger partial charge in [0.1, 0.15) is 0 Å². The number of hydrogen-bond donors (Lipinski definition) is 1. The van der Waals surface area contributed by atoms with Crippen LogP contribution in [-0.2, 0) is 0 Å². The third-order valence-electron chi connectivity index (χ3n) is 6.64. The molecule has 0 spiro atoms. The number of aliphatic hydroxyl groups is 1. The number of carbonyl (C=O) groups is 1. The predicted octanol–water partition coefficient (Wildman–Crippen LogP) is 3.20. The monoisotopic (exact) mass is 450 g/mol. The minimum atomic E-state index is -0.429. The average Bonchev–Trinajstić information content (AvgIpc) is 3.20. The third kappa shape index (κ3) is 4.06. The van der Waals surface area contributed by atoms with E-state index in [4.69, 9.17) is 11.6 Å². The lowest BCUT2D eigenvalue weighted by atomic mass is 10.1. The van der Waals surface area contributed by atoms with Crippen molar-refractivity contribution >= 4 is 34.1 Å². The smallest absolute Gasteiger partial charge is 0.253 e. The maximum atomic E-state index is 12.8. The SMILES string of the molecule is Cc1ccc2c(N3CC(N4CCN(C(=O)c5ccc(Cl)cc5)CC4)[C@H](O)C3)ccnc2c1. The summed E-state index contributed by atoms with van der Waals surface area (Å²) in [6.45, 7) is 6.25. The molecule has 0 radical (unpaired) electrons. The number of β-amino-alcohol motifs (C(OH)–C–C–N with tert-alkyl or cyclic N) is 1. The Bertz CT molecular complexity index is 1130. The minimum Gasteiger partial charge on any atom is -0.390 e. The molecule has 1 unspecified atom stereocenters. The fourth-order valence-electron chi connectivity index (χ4n) is 4.88. The Kier molecular flexibility index (Phi) is 5.76. The molecule has 166 valence electrons. The second-order valence-corrected chi connectivity index (χ2v) is 9.16. The largest absolute Gasteiger partial charge is 0.390 e. The van der Waals surface area contributed by atoms with Crippen molar-refractivity contribution in [3.8, 4) is 0 Å². The maximum absolute atomic E-state index is 12.8. The van der Waals surface area contributed by atoms with Crippen LogP contribution >= 0.6 is 11.6 Å². The Morgan fingerprint density at radius 3 is 2.53 bits per heavy atom. The average molecular weight is 451 g/mol. The summed E-state index contributed by atoms with van der Waals surface area (Å²) >= 11 is 5.94. The lowest BCUT2D eigenvalue weighted by Crippen LogP contribution is -2.54. The zero-order chi connectivity index (χ0) is 22.2. The zero-order valence-corrected chi connectivity index (χ0v) is 18.9. The number of aromatic nitrogens is 1. The van der Waals surface area contributed by atoms with Crippen LogP contribution in [0.3, 0.4) is 0 Å². The topological polar surface area (TPSA) is 59.9 Å². The van der Waals surface area contributed by atoms with E-state index in [-0.39, 0.29) is 11.9 Å². The van der Waals surface area contributed by atoms with Gasteiger partial charge in [-0.25, -0.2) is 0 Å². The van der Waals surface area contributed by atoms with Gasteiger partial charge in [-0.3, -0.25) is 14.7 Å². The van der Waals surface area contributed by atoms with Gasteiger partial charge >= 0.3 is 0 Å². The van der Waals surface area contributed by atoms with Gasteiger partial charge in [0.25, 0.3) is 5.91 Å². The summed E-state index contributed by atoms with van der Waals surface area (Å²) in [6.07, 6.45) is 1.42. The van der Waals surface area contributed by atoms with Gasteiger partial charge in [-0.2, -0.15) is 0 Å². The number of amides is 1. The minimum absolute atomic E-state index is 0.0356. The van der Waals surface area contributed by atoms with Gasteiger partial charge < -0.3 is 14.9 Å². The number of aryl methyl sites for hydroxylation is 1. The number of nitrogens with zero attached hydrogens (tertiary/aromatic N) is 4. The van der Waals surface area contributed by atoms with Crippen LogP contribution in [0.15, 0.2) is 54.7 Å². The molecule has 2 aliphatic rings. The van der Waals surface area contributed by atoms with E-state index < -0.39 is 6.10 Å². The van der Waals surface area contributed by atoms with E-state index in [0.717, 1.165) is 36.2 Å². The van der Waals surface area contributed by atoms with Crippen LogP contribution in [-0.4, -0.2) is 77.2 Å². The van der Waals surface area contributed by atoms with E-state index in [1.54, 1.807) is 24.3 Å². The van der Waals surface area contributed by atoms with Crippen molar-refractivity contribution in [2.75, 3.05) is 44.2 Å².